The molecule has 0 heterocycles. The Morgan fingerprint density at radius 1 is 1.35 bits per heavy atom. The number of aliphatic hydroxyl groups is 1. The van der Waals surface area contributed by atoms with Crippen LogP contribution >= 0.6 is 0 Å². The van der Waals surface area contributed by atoms with Crippen molar-refractivity contribution in [2.24, 2.45) is 0 Å². The largest absolute Gasteiger partial charge is 0.383 e. The molecular formula is C15H17NO4. The molecule has 0 amide bonds. The third-order valence-electron chi connectivity index (χ3n) is 2.95. The Balaban J connectivity index is 3.05. The fourth-order valence-electron chi connectivity index (χ4n) is 1.73. The van der Waals surface area contributed by atoms with Gasteiger partial charge in [-0.3, -0.25) is 14.9 Å². The van der Waals surface area contributed by atoms with Crippen molar-refractivity contribution in [3.8, 4) is 0 Å². The van der Waals surface area contributed by atoms with Crippen LogP contribution in [0.4, 0.5) is 5.69 Å². The zero-order valence-corrected chi connectivity index (χ0v) is 11.7. The van der Waals surface area contributed by atoms with E-state index in [1.165, 1.54) is 24.3 Å². The molecule has 5 heteroatoms. The van der Waals surface area contributed by atoms with Crippen molar-refractivity contribution in [3.63, 3.8) is 0 Å². The minimum absolute atomic E-state index is 0.0275. The van der Waals surface area contributed by atoms with E-state index >= 15 is 0 Å². The van der Waals surface area contributed by atoms with Crippen molar-refractivity contribution < 1.29 is 14.8 Å². The highest BCUT2D eigenvalue weighted by atomic mass is 16.6. The van der Waals surface area contributed by atoms with E-state index in [1.54, 1.807) is 20.8 Å². The lowest BCUT2D eigenvalue weighted by atomic mass is 10.0. The molecule has 0 spiro atoms. The van der Waals surface area contributed by atoms with E-state index in [1.807, 2.05) is 0 Å². The Morgan fingerprint density at radius 2 is 1.90 bits per heavy atom. The summed E-state index contributed by atoms with van der Waals surface area (Å²) in [5, 5.41) is 20.7. The Kier molecular flexibility index (Phi) is 5.38. The van der Waals surface area contributed by atoms with Gasteiger partial charge in [0.2, 0.25) is 0 Å². The van der Waals surface area contributed by atoms with Gasteiger partial charge in [0.1, 0.15) is 6.10 Å². The van der Waals surface area contributed by atoms with Gasteiger partial charge >= 0.3 is 0 Å². The highest BCUT2D eigenvalue weighted by molar-refractivity contribution is 5.94. The first-order valence-corrected chi connectivity index (χ1v) is 6.26. The number of nitro groups is 1. The zero-order chi connectivity index (χ0) is 15.3. The summed E-state index contributed by atoms with van der Waals surface area (Å²) in [6.45, 7) is 5.08. The van der Waals surface area contributed by atoms with Gasteiger partial charge in [-0.15, -0.1) is 5.73 Å². The molecule has 106 valence electrons. The summed E-state index contributed by atoms with van der Waals surface area (Å²) >= 11 is 0. The maximum absolute atomic E-state index is 11.5. The normalized spacial score (nSPS) is 11.4. The number of benzene rings is 1. The lowest BCUT2D eigenvalue weighted by Crippen LogP contribution is -2.00. The molecule has 5 nitrogen and oxygen atoms in total. The van der Waals surface area contributed by atoms with Gasteiger partial charge in [-0.05, 0) is 31.5 Å². The van der Waals surface area contributed by atoms with Crippen molar-refractivity contribution in [1.29, 1.82) is 0 Å². The number of non-ortho nitro benzene ring substituents is 1. The molecule has 1 rings (SSSR count). The number of Topliss-reactive ketones (excluding diaryl/α,β-unsaturated/α-hetero) is 1. The molecule has 0 saturated carbocycles. The van der Waals surface area contributed by atoms with Crippen molar-refractivity contribution in [3.05, 3.63) is 56.8 Å². The minimum atomic E-state index is -0.935. The van der Waals surface area contributed by atoms with Crippen molar-refractivity contribution >= 4 is 11.5 Å². The monoisotopic (exact) mass is 275 g/mol. The fraction of sp³-hybridized carbons (Fsp3) is 0.333. The van der Waals surface area contributed by atoms with Gasteiger partial charge in [0.25, 0.3) is 5.69 Å². The first-order valence-electron chi connectivity index (χ1n) is 6.26. The molecule has 1 N–H and O–H groups in total. The summed E-state index contributed by atoms with van der Waals surface area (Å²) in [5.74, 6) is -0.0275. The number of nitrogens with zero attached hydrogens (tertiary/aromatic N) is 1. The Bertz CT molecular complexity index is 580. The van der Waals surface area contributed by atoms with Crippen LogP contribution in [0.15, 0.2) is 41.1 Å². The number of hydrogen-bond donors (Lipinski definition) is 1. The van der Waals surface area contributed by atoms with Crippen LogP contribution in [0.25, 0.3) is 0 Å². The number of aliphatic hydroxyl groups excluding tert-OH is 1. The Labute approximate surface area is 117 Å². The third kappa shape index (κ3) is 3.88. The molecule has 1 atom stereocenters. The SMILES string of the molecule is CCC(=O)C(C)=C=C(C)C(O)c1ccc([N+](=O)[O-])cc1. The lowest BCUT2D eigenvalue weighted by Gasteiger charge is -2.09. The molecule has 0 saturated heterocycles. The molecule has 1 aromatic carbocycles. The highest BCUT2D eigenvalue weighted by Gasteiger charge is 2.12. The molecule has 1 aromatic rings. The second-order valence-electron chi connectivity index (χ2n) is 4.46. The second-order valence-corrected chi connectivity index (χ2v) is 4.46. The van der Waals surface area contributed by atoms with Crippen LogP contribution in [0.5, 0.6) is 0 Å². The summed E-state index contributed by atoms with van der Waals surface area (Å²) in [7, 11) is 0. The number of rotatable bonds is 5. The molecule has 0 fully saturated rings. The van der Waals surface area contributed by atoms with Crippen LogP contribution in [0.2, 0.25) is 0 Å². The summed E-state index contributed by atoms with van der Waals surface area (Å²) in [6, 6.07) is 5.65. The van der Waals surface area contributed by atoms with Gasteiger partial charge in [-0.25, -0.2) is 0 Å². The first kappa shape index (κ1) is 15.8. The quantitative estimate of drug-likeness (QED) is 0.387. The maximum Gasteiger partial charge on any atom is 0.269 e. The summed E-state index contributed by atoms with van der Waals surface area (Å²) in [6.07, 6.45) is -0.546. The van der Waals surface area contributed by atoms with E-state index in [9.17, 15) is 20.0 Å². The first-order chi connectivity index (χ1) is 9.36. The molecule has 0 aliphatic rings. The van der Waals surface area contributed by atoms with Crippen molar-refractivity contribution in [1.82, 2.24) is 0 Å². The standard InChI is InChI=1S/C15H17NO4/c1-4-14(17)10(2)9-11(3)15(18)12-5-7-13(8-6-12)16(19)20/h5-8,15,18H,4H2,1-3H3. The molecule has 0 radical (unpaired) electrons. The fourth-order valence-corrected chi connectivity index (χ4v) is 1.73. The molecular weight excluding hydrogens is 258 g/mol. The van der Waals surface area contributed by atoms with Crippen LogP contribution in [-0.4, -0.2) is 15.8 Å². The predicted octanol–water partition coefficient (Wildman–Crippen LogP) is 3.10. The van der Waals surface area contributed by atoms with Crippen LogP contribution in [-0.2, 0) is 4.79 Å². The van der Waals surface area contributed by atoms with Crippen LogP contribution < -0.4 is 0 Å². The van der Waals surface area contributed by atoms with E-state index in [-0.39, 0.29) is 11.5 Å². The number of nitro benzene ring substituents is 1. The van der Waals surface area contributed by atoms with Gasteiger partial charge < -0.3 is 5.11 Å². The third-order valence-corrected chi connectivity index (χ3v) is 2.95. The van der Waals surface area contributed by atoms with Crippen molar-refractivity contribution in [2.45, 2.75) is 33.3 Å². The average Bonchev–Trinajstić information content (AvgIpc) is 2.45. The molecule has 0 aliphatic carbocycles. The predicted molar refractivity (Wildman–Crippen MR) is 75.2 cm³/mol. The van der Waals surface area contributed by atoms with Gasteiger partial charge in [0.05, 0.1) is 4.92 Å². The lowest BCUT2D eigenvalue weighted by molar-refractivity contribution is -0.384. The van der Waals surface area contributed by atoms with Crippen LogP contribution in [0, 0.1) is 10.1 Å². The smallest absolute Gasteiger partial charge is 0.269 e. The Morgan fingerprint density at radius 3 is 2.35 bits per heavy atom. The van der Waals surface area contributed by atoms with Gasteiger partial charge in [-0.2, -0.15) is 0 Å². The van der Waals surface area contributed by atoms with Gasteiger partial charge in [-0.1, -0.05) is 6.92 Å². The summed E-state index contributed by atoms with van der Waals surface area (Å²) in [5.41, 5.74) is 4.32. The highest BCUT2D eigenvalue weighted by Crippen LogP contribution is 2.23. The van der Waals surface area contributed by atoms with E-state index in [4.69, 9.17) is 0 Å². The molecule has 0 aromatic heterocycles. The molecule has 0 bridgehead atoms. The molecule has 20 heavy (non-hydrogen) atoms. The zero-order valence-electron chi connectivity index (χ0n) is 11.7. The van der Waals surface area contributed by atoms with Crippen LogP contribution in [0.3, 0.4) is 0 Å². The Hall–Kier alpha value is -2.23. The number of carbonyl (C=O) groups excluding carboxylic acids is 1. The van der Waals surface area contributed by atoms with E-state index in [0.717, 1.165) is 0 Å². The summed E-state index contributed by atoms with van der Waals surface area (Å²) < 4.78 is 0. The number of hydrogen-bond acceptors (Lipinski definition) is 4. The van der Waals surface area contributed by atoms with Crippen molar-refractivity contribution in [2.75, 3.05) is 0 Å². The topological polar surface area (TPSA) is 80.4 Å². The van der Waals surface area contributed by atoms with Gasteiger partial charge in [0, 0.05) is 29.7 Å². The van der Waals surface area contributed by atoms with E-state index < -0.39 is 11.0 Å². The maximum atomic E-state index is 11.5. The molecule has 0 aliphatic heterocycles. The molecule has 1 unspecified atom stereocenters. The second kappa shape index (κ2) is 6.80. The van der Waals surface area contributed by atoms with Crippen LogP contribution in [0.1, 0.15) is 38.9 Å². The van der Waals surface area contributed by atoms with E-state index in [2.05, 4.69) is 5.73 Å². The van der Waals surface area contributed by atoms with E-state index in [0.29, 0.717) is 23.1 Å². The van der Waals surface area contributed by atoms with Gasteiger partial charge in [0.15, 0.2) is 5.78 Å². The number of ketones is 1. The average molecular weight is 275 g/mol. The minimum Gasteiger partial charge on any atom is -0.383 e. The summed E-state index contributed by atoms with van der Waals surface area (Å²) in [4.78, 5) is 21.5. The number of carbonyl (C=O) groups is 1.